The first-order valence-corrected chi connectivity index (χ1v) is 12.7. The Kier molecular flexibility index (Phi) is 7.82. The predicted molar refractivity (Wildman–Crippen MR) is 138 cm³/mol. The van der Waals surface area contributed by atoms with E-state index >= 15 is 0 Å². The second kappa shape index (κ2) is 10.9. The zero-order valence-electron chi connectivity index (χ0n) is 22.0. The van der Waals surface area contributed by atoms with E-state index in [1.807, 2.05) is 37.8 Å². The van der Waals surface area contributed by atoms with E-state index in [1.54, 1.807) is 48.7 Å². The molecule has 0 aliphatic carbocycles. The number of ether oxygens (including phenoxy) is 2. The number of pyridine rings is 1. The topological polar surface area (TPSA) is 101 Å². The largest absolute Gasteiger partial charge is 0.497 e. The fraction of sp³-hybridized carbons (Fsp3) is 0.500. The van der Waals surface area contributed by atoms with Crippen molar-refractivity contribution in [2.24, 2.45) is 5.41 Å². The fourth-order valence-corrected chi connectivity index (χ4v) is 4.92. The number of nitrogens with one attached hydrogen (secondary N) is 1. The molecule has 1 aromatic heterocycles. The molecule has 2 aromatic rings. The maximum absolute atomic E-state index is 13.8. The Morgan fingerprint density at radius 1 is 1.14 bits per heavy atom. The van der Waals surface area contributed by atoms with Crippen molar-refractivity contribution in [3.63, 3.8) is 0 Å². The van der Waals surface area contributed by atoms with Gasteiger partial charge in [-0.15, -0.1) is 0 Å². The average molecular weight is 509 g/mol. The third kappa shape index (κ3) is 6.10. The molecule has 1 N–H and O–H groups in total. The van der Waals surface area contributed by atoms with Crippen LogP contribution in [0.1, 0.15) is 56.0 Å². The molecule has 2 fully saturated rings. The number of rotatable bonds is 6. The summed E-state index contributed by atoms with van der Waals surface area (Å²) in [5.41, 5.74) is 0.251. The lowest BCUT2D eigenvalue weighted by Crippen LogP contribution is -2.59. The minimum Gasteiger partial charge on any atom is -0.497 e. The molecule has 2 saturated heterocycles. The molecule has 9 nitrogen and oxygen atoms in total. The first kappa shape index (κ1) is 26.6. The molecule has 37 heavy (non-hydrogen) atoms. The van der Waals surface area contributed by atoms with Gasteiger partial charge in [-0.2, -0.15) is 0 Å². The standard InChI is InChI=1S/C28H36N4O5/c1-27(2,3)16-24(33)31-14-11-28(12-15-31)32(26(35)21-7-9-22(36-4)10-8-21)23(19-37-28)25(34)30-18-20-6-5-13-29-17-20/h5-10,13,17,23H,11-12,14-16,18-19H2,1-4H3,(H,30,34)/t23-/m1/s1. The summed E-state index contributed by atoms with van der Waals surface area (Å²) in [6, 6.07) is 9.74. The van der Waals surface area contributed by atoms with E-state index in [4.69, 9.17) is 9.47 Å². The molecule has 2 aliphatic heterocycles. The van der Waals surface area contributed by atoms with Crippen molar-refractivity contribution in [3.8, 4) is 5.75 Å². The van der Waals surface area contributed by atoms with Crippen LogP contribution in [0.3, 0.4) is 0 Å². The van der Waals surface area contributed by atoms with Crippen molar-refractivity contribution in [2.45, 2.75) is 58.3 Å². The van der Waals surface area contributed by atoms with Crippen molar-refractivity contribution in [1.29, 1.82) is 0 Å². The van der Waals surface area contributed by atoms with Crippen LogP contribution in [0.15, 0.2) is 48.8 Å². The first-order chi connectivity index (χ1) is 17.6. The molecule has 0 radical (unpaired) electrons. The van der Waals surface area contributed by atoms with Crippen LogP contribution in [0.4, 0.5) is 0 Å². The Balaban J connectivity index is 1.54. The maximum Gasteiger partial charge on any atom is 0.256 e. The third-order valence-electron chi connectivity index (χ3n) is 6.89. The summed E-state index contributed by atoms with van der Waals surface area (Å²) in [5.74, 6) is 0.171. The SMILES string of the molecule is COc1ccc(C(=O)N2[C@@H](C(=O)NCc3cccnc3)COC23CCN(C(=O)CC(C)(C)C)CC3)cc1. The average Bonchev–Trinajstić information content (AvgIpc) is 3.25. The van der Waals surface area contributed by atoms with Crippen molar-refractivity contribution < 1.29 is 23.9 Å². The zero-order chi connectivity index (χ0) is 26.6. The number of aromatic nitrogens is 1. The molecule has 198 valence electrons. The van der Waals surface area contributed by atoms with Crippen LogP contribution in [0.5, 0.6) is 5.75 Å². The van der Waals surface area contributed by atoms with E-state index in [-0.39, 0.29) is 29.7 Å². The number of benzene rings is 1. The Morgan fingerprint density at radius 3 is 2.43 bits per heavy atom. The highest BCUT2D eigenvalue weighted by molar-refractivity contribution is 5.98. The van der Waals surface area contributed by atoms with Gasteiger partial charge >= 0.3 is 0 Å². The number of amides is 3. The highest BCUT2D eigenvalue weighted by Gasteiger charge is 2.54. The molecule has 9 heteroatoms. The van der Waals surface area contributed by atoms with Crippen molar-refractivity contribution >= 4 is 17.7 Å². The lowest BCUT2D eigenvalue weighted by molar-refractivity contribution is -0.145. The number of piperidine rings is 1. The summed E-state index contributed by atoms with van der Waals surface area (Å²) in [5, 5.41) is 2.93. The molecule has 0 bridgehead atoms. The zero-order valence-corrected chi connectivity index (χ0v) is 22.0. The summed E-state index contributed by atoms with van der Waals surface area (Å²) in [4.78, 5) is 47.5. The van der Waals surface area contributed by atoms with E-state index in [9.17, 15) is 14.4 Å². The van der Waals surface area contributed by atoms with Crippen LogP contribution in [0.2, 0.25) is 0 Å². The van der Waals surface area contributed by atoms with Gasteiger partial charge in [0.2, 0.25) is 11.8 Å². The van der Waals surface area contributed by atoms with Crippen molar-refractivity contribution in [3.05, 3.63) is 59.9 Å². The molecule has 2 aliphatic rings. The van der Waals surface area contributed by atoms with Crippen LogP contribution in [0.25, 0.3) is 0 Å². The summed E-state index contributed by atoms with van der Waals surface area (Å²) in [6.07, 6.45) is 4.70. The predicted octanol–water partition coefficient (Wildman–Crippen LogP) is 3.00. The summed E-state index contributed by atoms with van der Waals surface area (Å²) < 4.78 is 11.5. The summed E-state index contributed by atoms with van der Waals surface area (Å²) in [7, 11) is 1.57. The van der Waals surface area contributed by atoms with Gasteiger partial charge in [0.05, 0.1) is 13.7 Å². The minimum atomic E-state index is -0.953. The van der Waals surface area contributed by atoms with Gasteiger partial charge in [0.15, 0.2) is 0 Å². The van der Waals surface area contributed by atoms with Crippen molar-refractivity contribution in [2.75, 3.05) is 26.8 Å². The Hall–Kier alpha value is -3.46. The maximum atomic E-state index is 13.8. The molecule has 4 rings (SSSR count). The van der Waals surface area contributed by atoms with E-state index in [0.29, 0.717) is 50.2 Å². The van der Waals surface area contributed by atoms with Gasteiger partial charge in [-0.3, -0.25) is 24.3 Å². The van der Waals surface area contributed by atoms with Crippen LogP contribution >= 0.6 is 0 Å². The Labute approximate surface area is 218 Å². The quantitative estimate of drug-likeness (QED) is 0.644. The number of hydrogen-bond donors (Lipinski definition) is 1. The molecule has 1 aromatic carbocycles. The van der Waals surface area contributed by atoms with E-state index in [1.165, 1.54) is 0 Å². The van der Waals surface area contributed by atoms with E-state index in [2.05, 4.69) is 10.3 Å². The minimum absolute atomic E-state index is 0.0940. The molecular weight excluding hydrogens is 472 g/mol. The van der Waals surface area contributed by atoms with Gasteiger partial charge in [0.25, 0.3) is 5.91 Å². The number of likely N-dealkylation sites (tertiary alicyclic amines) is 1. The van der Waals surface area contributed by atoms with Gasteiger partial charge in [0, 0.05) is 56.9 Å². The highest BCUT2D eigenvalue weighted by atomic mass is 16.5. The molecule has 0 saturated carbocycles. The van der Waals surface area contributed by atoms with Gasteiger partial charge in [-0.1, -0.05) is 26.8 Å². The van der Waals surface area contributed by atoms with Gasteiger partial charge in [-0.05, 0) is 41.3 Å². The number of carbonyl (C=O) groups is 3. The second-order valence-electron chi connectivity index (χ2n) is 10.9. The lowest BCUT2D eigenvalue weighted by Gasteiger charge is -2.44. The molecular formula is C28H36N4O5. The van der Waals surface area contributed by atoms with Crippen LogP contribution in [-0.4, -0.2) is 71.1 Å². The van der Waals surface area contributed by atoms with Crippen LogP contribution in [-0.2, 0) is 20.9 Å². The van der Waals surface area contributed by atoms with E-state index < -0.39 is 11.8 Å². The van der Waals surface area contributed by atoms with Gasteiger partial charge in [-0.25, -0.2) is 0 Å². The normalized spacial score (nSPS) is 19.1. The summed E-state index contributed by atoms with van der Waals surface area (Å²) >= 11 is 0. The van der Waals surface area contributed by atoms with Gasteiger partial charge in [0.1, 0.15) is 17.5 Å². The third-order valence-corrected chi connectivity index (χ3v) is 6.89. The molecule has 3 heterocycles. The molecule has 1 atom stereocenters. The Bertz CT molecular complexity index is 1110. The molecule has 3 amide bonds. The first-order valence-electron chi connectivity index (χ1n) is 12.7. The monoisotopic (exact) mass is 508 g/mol. The number of nitrogens with zero attached hydrogens (tertiary/aromatic N) is 3. The second-order valence-corrected chi connectivity index (χ2v) is 10.9. The number of carbonyl (C=O) groups excluding carboxylic acids is 3. The fourth-order valence-electron chi connectivity index (χ4n) is 4.92. The highest BCUT2D eigenvalue weighted by Crippen LogP contribution is 2.39. The van der Waals surface area contributed by atoms with Crippen molar-refractivity contribution in [1.82, 2.24) is 20.1 Å². The Morgan fingerprint density at radius 2 is 1.84 bits per heavy atom. The smallest absolute Gasteiger partial charge is 0.256 e. The lowest BCUT2D eigenvalue weighted by atomic mass is 9.90. The van der Waals surface area contributed by atoms with Crippen LogP contribution < -0.4 is 10.1 Å². The van der Waals surface area contributed by atoms with Gasteiger partial charge < -0.3 is 19.7 Å². The molecule has 0 unspecified atom stereocenters. The molecule has 1 spiro atoms. The van der Waals surface area contributed by atoms with E-state index in [0.717, 1.165) is 5.56 Å². The van der Waals surface area contributed by atoms with Crippen LogP contribution in [0, 0.1) is 5.41 Å². The number of hydrogen-bond acceptors (Lipinski definition) is 6. The summed E-state index contributed by atoms with van der Waals surface area (Å²) in [6.45, 7) is 7.45. The number of methoxy groups -OCH3 is 1.